The third kappa shape index (κ3) is 2.42. The summed E-state index contributed by atoms with van der Waals surface area (Å²) in [4.78, 5) is 0. The zero-order valence-electron chi connectivity index (χ0n) is 7.32. The minimum absolute atomic E-state index is 0.000880. The molecule has 1 rings (SSSR count). The van der Waals surface area contributed by atoms with Gasteiger partial charge in [-0.25, -0.2) is 4.39 Å². The van der Waals surface area contributed by atoms with Gasteiger partial charge in [0.05, 0.1) is 18.8 Å². The lowest BCUT2D eigenvalue weighted by Crippen LogP contribution is -2.32. The van der Waals surface area contributed by atoms with Crippen LogP contribution in [0.2, 0.25) is 5.02 Å². The zero-order chi connectivity index (χ0) is 10.7. The van der Waals surface area contributed by atoms with Gasteiger partial charge in [-0.2, -0.15) is 0 Å². The maximum Gasteiger partial charge on any atom is 0.129 e. The number of hydrogen-bond donors (Lipinski definition) is 3. The van der Waals surface area contributed by atoms with Gasteiger partial charge in [-0.1, -0.05) is 11.6 Å². The van der Waals surface area contributed by atoms with Gasteiger partial charge in [-0.15, -0.1) is 0 Å². The van der Waals surface area contributed by atoms with Crippen LogP contribution in [0.15, 0.2) is 18.2 Å². The first kappa shape index (κ1) is 11.4. The molecule has 0 aliphatic carbocycles. The molecule has 0 bridgehead atoms. The molecule has 78 valence electrons. The smallest absolute Gasteiger partial charge is 0.129 e. The van der Waals surface area contributed by atoms with Crippen LogP contribution < -0.4 is 5.73 Å². The van der Waals surface area contributed by atoms with Crippen molar-refractivity contribution < 1.29 is 14.6 Å². The van der Waals surface area contributed by atoms with E-state index in [-0.39, 0.29) is 5.56 Å². The second-order valence-electron chi connectivity index (χ2n) is 2.96. The highest BCUT2D eigenvalue weighted by Gasteiger charge is 2.19. The molecule has 2 unspecified atom stereocenters. The van der Waals surface area contributed by atoms with Gasteiger partial charge in [0, 0.05) is 10.6 Å². The Hall–Kier alpha value is -0.680. The lowest BCUT2D eigenvalue weighted by Gasteiger charge is -2.17. The first-order chi connectivity index (χ1) is 6.56. The molecule has 0 fully saturated rings. The van der Waals surface area contributed by atoms with Gasteiger partial charge >= 0.3 is 0 Å². The fraction of sp³-hybridized carbons (Fsp3) is 0.333. The van der Waals surface area contributed by atoms with Gasteiger partial charge in [0.1, 0.15) is 5.82 Å². The van der Waals surface area contributed by atoms with Crippen molar-refractivity contribution in [2.75, 3.05) is 6.61 Å². The van der Waals surface area contributed by atoms with Crippen molar-refractivity contribution in [1.29, 1.82) is 0 Å². The molecule has 4 N–H and O–H groups in total. The van der Waals surface area contributed by atoms with Crippen LogP contribution in [0.5, 0.6) is 0 Å². The average molecular weight is 220 g/mol. The summed E-state index contributed by atoms with van der Waals surface area (Å²) >= 11 is 5.63. The van der Waals surface area contributed by atoms with Crippen molar-refractivity contribution in [2.45, 2.75) is 12.1 Å². The lowest BCUT2D eigenvalue weighted by atomic mass is 10.0. The molecule has 0 radical (unpaired) electrons. The maximum atomic E-state index is 13.2. The van der Waals surface area contributed by atoms with Crippen molar-refractivity contribution in [2.24, 2.45) is 5.73 Å². The highest BCUT2D eigenvalue weighted by Crippen LogP contribution is 2.22. The molecule has 0 spiro atoms. The standard InChI is InChI=1S/C9H11ClFNO2/c10-5-1-2-7(11)6(3-5)9(14)8(12)4-13/h1-3,8-9,13-14H,4,12H2. The Morgan fingerprint density at radius 3 is 2.71 bits per heavy atom. The summed E-state index contributed by atoms with van der Waals surface area (Å²) in [7, 11) is 0. The summed E-state index contributed by atoms with van der Waals surface area (Å²) in [6.07, 6.45) is -1.25. The number of aliphatic hydroxyl groups excluding tert-OH is 2. The molecular formula is C9H11ClFNO2. The van der Waals surface area contributed by atoms with Crippen LogP contribution in [0.25, 0.3) is 0 Å². The van der Waals surface area contributed by atoms with E-state index in [1.807, 2.05) is 0 Å². The predicted octanol–water partition coefficient (Wildman–Crippen LogP) is 0.832. The Morgan fingerprint density at radius 1 is 1.50 bits per heavy atom. The van der Waals surface area contributed by atoms with Gasteiger partial charge in [0.2, 0.25) is 0 Å². The summed E-state index contributed by atoms with van der Waals surface area (Å²) in [5.41, 5.74) is 5.36. The third-order valence-electron chi connectivity index (χ3n) is 1.89. The van der Waals surface area contributed by atoms with Crippen LogP contribution >= 0.6 is 11.6 Å². The van der Waals surface area contributed by atoms with E-state index in [4.69, 9.17) is 22.4 Å². The number of aliphatic hydroxyl groups is 2. The third-order valence-corrected chi connectivity index (χ3v) is 2.13. The van der Waals surface area contributed by atoms with E-state index in [0.717, 1.165) is 6.07 Å². The van der Waals surface area contributed by atoms with E-state index in [2.05, 4.69) is 0 Å². The molecule has 5 heteroatoms. The van der Waals surface area contributed by atoms with Crippen LogP contribution in [0.4, 0.5) is 4.39 Å². The molecule has 0 saturated carbocycles. The van der Waals surface area contributed by atoms with Gasteiger partial charge < -0.3 is 15.9 Å². The van der Waals surface area contributed by atoms with Gasteiger partial charge in [0.25, 0.3) is 0 Å². The maximum absolute atomic E-state index is 13.2. The summed E-state index contributed by atoms with van der Waals surface area (Å²) in [5.74, 6) is -0.592. The van der Waals surface area contributed by atoms with Gasteiger partial charge in [0.15, 0.2) is 0 Å². The molecule has 0 aliphatic rings. The second kappa shape index (κ2) is 4.70. The molecular weight excluding hydrogens is 209 g/mol. The molecule has 0 amide bonds. The van der Waals surface area contributed by atoms with Crippen molar-refractivity contribution in [3.05, 3.63) is 34.6 Å². The summed E-state index contributed by atoms with van der Waals surface area (Å²) in [6, 6.07) is 2.89. The van der Waals surface area contributed by atoms with E-state index in [9.17, 15) is 9.50 Å². The molecule has 2 atom stereocenters. The van der Waals surface area contributed by atoms with Gasteiger partial charge in [-0.3, -0.25) is 0 Å². The number of benzene rings is 1. The minimum atomic E-state index is -1.25. The predicted molar refractivity (Wildman–Crippen MR) is 51.4 cm³/mol. The van der Waals surface area contributed by atoms with Crippen molar-refractivity contribution >= 4 is 11.6 Å². The second-order valence-corrected chi connectivity index (χ2v) is 3.39. The Bertz CT molecular complexity index is 322. The summed E-state index contributed by atoms with van der Waals surface area (Å²) < 4.78 is 13.2. The molecule has 0 saturated heterocycles. The van der Waals surface area contributed by atoms with Gasteiger partial charge in [-0.05, 0) is 18.2 Å². The quantitative estimate of drug-likeness (QED) is 0.706. The fourth-order valence-corrected chi connectivity index (χ4v) is 1.25. The largest absolute Gasteiger partial charge is 0.395 e. The number of halogens is 2. The van der Waals surface area contributed by atoms with Crippen LogP contribution in [-0.4, -0.2) is 22.9 Å². The number of nitrogens with two attached hydrogens (primary N) is 1. The zero-order valence-corrected chi connectivity index (χ0v) is 8.08. The van der Waals surface area contributed by atoms with Crippen molar-refractivity contribution in [3.8, 4) is 0 Å². The topological polar surface area (TPSA) is 66.5 Å². The van der Waals surface area contributed by atoms with Crippen LogP contribution in [0.1, 0.15) is 11.7 Å². The normalized spacial score (nSPS) is 15.2. The van der Waals surface area contributed by atoms with Crippen LogP contribution in [0, 0.1) is 5.82 Å². The number of rotatable bonds is 3. The van der Waals surface area contributed by atoms with E-state index in [0.29, 0.717) is 5.02 Å². The van der Waals surface area contributed by atoms with E-state index >= 15 is 0 Å². The molecule has 1 aromatic rings. The minimum Gasteiger partial charge on any atom is -0.395 e. The van der Waals surface area contributed by atoms with Crippen molar-refractivity contribution in [3.63, 3.8) is 0 Å². The Kier molecular flexibility index (Phi) is 3.83. The molecule has 14 heavy (non-hydrogen) atoms. The summed E-state index contributed by atoms with van der Waals surface area (Å²) in [6.45, 7) is -0.423. The highest BCUT2D eigenvalue weighted by molar-refractivity contribution is 6.30. The van der Waals surface area contributed by atoms with E-state index < -0.39 is 24.6 Å². The summed E-state index contributed by atoms with van der Waals surface area (Å²) in [5, 5.41) is 18.5. The first-order valence-electron chi connectivity index (χ1n) is 4.05. The molecule has 1 aromatic carbocycles. The monoisotopic (exact) mass is 219 g/mol. The molecule has 0 heterocycles. The number of hydrogen-bond acceptors (Lipinski definition) is 3. The Morgan fingerprint density at radius 2 is 2.14 bits per heavy atom. The molecule has 0 aliphatic heterocycles. The fourth-order valence-electron chi connectivity index (χ4n) is 1.07. The van der Waals surface area contributed by atoms with Crippen LogP contribution in [0.3, 0.4) is 0 Å². The lowest BCUT2D eigenvalue weighted by molar-refractivity contribution is 0.106. The average Bonchev–Trinajstić information content (AvgIpc) is 2.19. The highest BCUT2D eigenvalue weighted by atomic mass is 35.5. The molecule has 3 nitrogen and oxygen atoms in total. The van der Waals surface area contributed by atoms with Crippen molar-refractivity contribution in [1.82, 2.24) is 0 Å². The first-order valence-corrected chi connectivity index (χ1v) is 4.43. The van der Waals surface area contributed by atoms with Crippen LogP contribution in [-0.2, 0) is 0 Å². The van der Waals surface area contributed by atoms with E-state index in [1.165, 1.54) is 12.1 Å². The Labute approximate surface area is 85.9 Å². The molecule has 0 aromatic heterocycles. The SMILES string of the molecule is NC(CO)C(O)c1cc(Cl)ccc1F. The Balaban J connectivity index is 2.99. The van der Waals surface area contributed by atoms with E-state index in [1.54, 1.807) is 0 Å².